The van der Waals surface area contributed by atoms with Crippen molar-refractivity contribution in [3.8, 4) is 17.1 Å². The molecule has 0 bridgehead atoms. The summed E-state index contributed by atoms with van der Waals surface area (Å²) in [4.78, 5) is 6.48. The van der Waals surface area contributed by atoms with Crippen LogP contribution in [-0.2, 0) is 10.0 Å². The molecule has 8 nitrogen and oxygen atoms in total. The average Bonchev–Trinajstić information content (AvgIpc) is 3.49. The monoisotopic (exact) mass is 554 g/mol. The van der Waals surface area contributed by atoms with Gasteiger partial charge in [-0.1, -0.05) is 17.7 Å². The van der Waals surface area contributed by atoms with Crippen molar-refractivity contribution < 1.29 is 17.6 Å². The Kier molecular flexibility index (Phi) is 6.80. The van der Waals surface area contributed by atoms with E-state index in [0.717, 1.165) is 17.5 Å². The molecule has 3 heterocycles. The van der Waals surface area contributed by atoms with E-state index in [1.54, 1.807) is 24.4 Å². The number of hydrogen-bond donors (Lipinski definition) is 2. The highest BCUT2D eigenvalue weighted by Crippen LogP contribution is 2.44. The van der Waals surface area contributed by atoms with E-state index < -0.39 is 10.0 Å². The third kappa shape index (κ3) is 5.27. The highest BCUT2D eigenvalue weighted by molar-refractivity contribution is 7.92. The lowest BCUT2D eigenvalue weighted by Gasteiger charge is -2.26. The van der Waals surface area contributed by atoms with Gasteiger partial charge in [0.2, 0.25) is 10.0 Å². The molecule has 0 radical (unpaired) electrons. The number of ether oxygens (including phenoxy) is 1. The first-order valence-corrected chi connectivity index (χ1v) is 13.9. The van der Waals surface area contributed by atoms with Gasteiger partial charge in [-0.25, -0.2) is 8.42 Å². The van der Waals surface area contributed by atoms with Crippen molar-refractivity contribution in [2.75, 3.05) is 23.0 Å². The zero-order valence-corrected chi connectivity index (χ0v) is 22.3. The molecule has 5 rings (SSSR count). The van der Waals surface area contributed by atoms with E-state index in [1.807, 2.05) is 59.5 Å². The molecule has 2 atom stereocenters. The number of anilines is 2. The van der Waals surface area contributed by atoms with Crippen molar-refractivity contribution in [3.63, 3.8) is 0 Å². The molecular formula is C26H23ClN4O4S2. The van der Waals surface area contributed by atoms with Gasteiger partial charge in [-0.3, -0.25) is 9.71 Å². The van der Waals surface area contributed by atoms with Gasteiger partial charge in [-0.05, 0) is 72.9 Å². The lowest BCUT2D eigenvalue weighted by atomic mass is 10.0. The lowest BCUT2D eigenvalue weighted by Crippen LogP contribution is -2.29. The van der Waals surface area contributed by atoms with Gasteiger partial charge < -0.3 is 19.4 Å². The quantitative estimate of drug-likeness (QED) is 0.287. The molecule has 1 aliphatic heterocycles. The summed E-state index contributed by atoms with van der Waals surface area (Å²) in [7, 11) is -2.01. The molecule has 1 fully saturated rings. The molecule has 0 spiro atoms. The van der Waals surface area contributed by atoms with Crippen LogP contribution in [0.25, 0.3) is 11.3 Å². The first-order chi connectivity index (χ1) is 17.7. The number of pyridine rings is 1. The fourth-order valence-corrected chi connectivity index (χ4v) is 5.36. The maximum Gasteiger partial charge on any atom is 0.229 e. The minimum atomic E-state index is -3.49. The number of rotatable bonds is 7. The van der Waals surface area contributed by atoms with Gasteiger partial charge in [0, 0.05) is 28.5 Å². The fourth-order valence-electron chi connectivity index (χ4n) is 4.32. The average molecular weight is 555 g/mol. The molecule has 0 aliphatic carbocycles. The Bertz CT molecular complexity index is 1540. The molecule has 2 aromatic heterocycles. The molecule has 0 saturated carbocycles. The summed E-state index contributed by atoms with van der Waals surface area (Å²) in [5, 5.41) is 4.49. The Morgan fingerprint density at radius 3 is 2.57 bits per heavy atom. The number of aromatic nitrogens is 1. The summed E-state index contributed by atoms with van der Waals surface area (Å²) in [6.45, 7) is 0. The molecule has 11 heteroatoms. The van der Waals surface area contributed by atoms with E-state index >= 15 is 0 Å². The van der Waals surface area contributed by atoms with Gasteiger partial charge in [0.25, 0.3) is 0 Å². The zero-order chi connectivity index (χ0) is 26.2. The van der Waals surface area contributed by atoms with Crippen LogP contribution < -0.4 is 19.7 Å². The summed E-state index contributed by atoms with van der Waals surface area (Å²) in [6, 6.07) is 21.4. The molecule has 190 valence electrons. The molecule has 37 heavy (non-hydrogen) atoms. The van der Waals surface area contributed by atoms with Crippen molar-refractivity contribution in [1.82, 2.24) is 10.3 Å². The van der Waals surface area contributed by atoms with Crippen LogP contribution >= 0.6 is 23.8 Å². The minimum absolute atomic E-state index is 0.308. The molecule has 2 aromatic carbocycles. The van der Waals surface area contributed by atoms with Crippen molar-refractivity contribution in [3.05, 3.63) is 95.5 Å². The second kappa shape index (κ2) is 10.0. The number of methoxy groups -OCH3 is 1. The van der Waals surface area contributed by atoms with Crippen LogP contribution in [0.3, 0.4) is 0 Å². The van der Waals surface area contributed by atoms with Crippen LogP contribution in [0.1, 0.15) is 23.5 Å². The molecule has 0 amide bonds. The Morgan fingerprint density at radius 1 is 1.11 bits per heavy atom. The van der Waals surface area contributed by atoms with E-state index in [4.69, 9.17) is 33.0 Å². The highest BCUT2D eigenvalue weighted by Gasteiger charge is 2.42. The number of thiocarbonyl (C=S) groups is 1. The SMILES string of the molecule is COc1cc(N2C(=S)N[C@@H](c3ccccn3)[C@H]2c2ccc(-c3ccc(Cl)cc3)o2)ccc1NS(C)(=O)=O. The molecule has 0 unspecified atom stereocenters. The summed E-state index contributed by atoms with van der Waals surface area (Å²) in [5.41, 5.74) is 2.71. The molecule has 1 aliphatic rings. The predicted octanol–water partition coefficient (Wildman–Crippen LogP) is 5.55. The third-order valence-electron chi connectivity index (χ3n) is 5.90. The van der Waals surface area contributed by atoms with Crippen LogP contribution in [0.5, 0.6) is 5.75 Å². The number of hydrogen-bond acceptors (Lipinski definition) is 6. The first-order valence-electron chi connectivity index (χ1n) is 11.3. The van der Waals surface area contributed by atoms with Crippen molar-refractivity contribution >= 4 is 50.3 Å². The molecular weight excluding hydrogens is 532 g/mol. The van der Waals surface area contributed by atoms with Crippen LogP contribution in [-0.4, -0.2) is 31.9 Å². The van der Waals surface area contributed by atoms with E-state index in [0.29, 0.717) is 38.8 Å². The van der Waals surface area contributed by atoms with Crippen LogP contribution in [0.4, 0.5) is 11.4 Å². The highest BCUT2D eigenvalue weighted by atomic mass is 35.5. The topological polar surface area (TPSA) is 96.7 Å². The lowest BCUT2D eigenvalue weighted by molar-refractivity contribution is 0.416. The van der Waals surface area contributed by atoms with Crippen LogP contribution in [0.15, 0.2) is 83.4 Å². The minimum Gasteiger partial charge on any atom is -0.494 e. The number of furan rings is 1. The second-order valence-corrected chi connectivity index (χ2v) is 11.0. The number of halogens is 1. The van der Waals surface area contributed by atoms with Gasteiger partial charge in [0.15, 0.2) is 5.11 Å². The number of benzene rings is 2. The predicted molar refractivity (Wildman–Crippen MR) is 149 cm³/mol. The van der Waals surface area contributed by atoms with Gasteiger partial charge in [-0.15, -0.1) is 0 Å². The van der Waals surface area contributed by atoms with Crippen molar-refractivity contribution in [2.24, 2.45) is 0 Å². The standard InChI is InChI=1S/C26H23ClN4O4S2/c1-34-23-15-18(10-11-19(23)30-37(2,32)33)31-25(24(29-26(31)36)20-5-3-4-14-28-20)22-13-12-21(35-22)16-6-8-17(27)9-7-16/h3-15,24-25,30H,1-2H3,(H,29,36)/t24-,25+/m0/s1. The van der Waals surface area contributed by atoms with Gasteiger partial charge in [0.05, 0.1) is 30.8 Å². The summed E-state index contributed by atoms with van der Waals surface area (Å²) in [5.74, 6) is 1.71. The maximum absolute atomic E-state index is 11.8. The summed E-state index contributed by atoms with van der Waals surface area (Å²) in [6.07, 6.45) is 2.82. The van der Waals surface area contributed by atoms with Gasteiger partial charge in [0.1, 0.15) is 23.3 Å². The number of nitrogens with one attached hydrogen (secondary N) is 2. The van der Waals surface area contributed by atoms with Crippen molar-refractivity contribution in [1.29, 1.82) is 0 Å². The Balaban J connectivity index is 1.59. The largest absolute Gasteiger partial charge is 0.494 e. The summed E-state index contributed by atoms with van der Waals surface area (Å²) < 4.78 is 37.9. The van der Waals surface area contributed by atoms with E-state index in [2.05, 4.69) is 15.0 Å². The summed E-state index contributed by atoms with van der Waals surface area (Å²) >= 11 is 11.8. The van der Waals surface area contributed by atoms with Crippen molar-refractivity contribution in [2.45, 2.75) is 12.1 Å². The number of sulfonamides is 1. The Labute approximate surface area is 225 Å². The second-order valence-electron chi connectivity index (χ2n) is 8.46. The Morgan fingerprint density at radius 2 is 1.89 bits per heavy atom. The normalized spacial score (nSPS) is 17.5. The maximum atomic E-state index is 11.8. The van der Waals surface area contributed by atoms with E-state index in [1.165, 1.54) is 7.11 Å². The molecule has 2 N–H and O–H groups in total. The first kappa shape index (κ1) is 25.1. The van der Waals surface area contributed by atoms with Crippen LogP contribution in [0.2, 0.25) is 5.02 Å². The number of nitrogens with zero attached hydrogens (tertiary/aromatic N) is 2. The van der Waals surface area contributed by atoms with Gasteiger partial charge in [-0.2, -0.15) is 0 Å². The zero-order valence-electron chi connectivity index (χ0n) is 19.9. The smallest absolute Gasteiger partial charge is 0.229 e. The molecule has 4 aromatic rings. The third-order valence-corrected chi connectivity index (χ3v) is 7.06. The van der Waals surface area contributed by atoms with E-state index in [-0.39, 0.29) is 12.1 Å². The van der Waals surface area contributed by atoms with E-state index in [9.17, 15) is 8.42 Å². The molecule has 1 saturated heterocycles. The Hall–Kier alpha value is -3.60. The fraction of sp³-hybridized carbons (Fsp3) is 0.154. The van der Waals surface area contributed by atoms with Crippen LogP contribution in [0, 0.1) is 0 Å². The van der Waals surface area contributed by atoms with Gasteiger partial charge >= 0.3 is 0 Å².